The summed E-state index contributed by atoms with van der Waals surface area (Å²) in [7, 11) is 4.36. The quantitative estimate of drug-likeness (QED) is 0.203. The van der Waals surface area contributed by atoms with Crippen LogP contribution in [0.1, 0.15) is 35.4 Å². The number of fused-ring (bicyclic) bond motifs is 1. The normalized spacial score (nSPS) is 34.8. The van der Waals surface area contributed by atoms with E-state index in [1.165, 1.54) is 40.4 Å². The molecule has 0 radical (unpaired) electrons. The standard InChI is InChI=1S/C30H38O15/c1-12-23(32)25(34)27(36)29(42-12)41-11-21-24(33)26(35)28(37)30(45-21)43-13-5-6-15(17(7-13)39-3)18-10-16(31)22-19(40-4)8-14(38-2)9-20(22)44-18/h5-9,12,18,21,23-30,32-37H,10-11H2,1-4H3. The average Bonchev–Trinajstić information content (AvgIpc) is 3.04. The first-order valence-electron chi connectivity index (χ1n) is 14.3. The van der Waals surface area contributed by atoms with E-state index in [1.807, 2.05) is 0 Å². The van der Waals surface area contributed by atoms with E-state index in [0.717, 1.165) is 0 Å². The highest BCUT2D eigenvalue weighted by Crippen LogP contribution is 2.44. The number of hydrogen-bond acceptors (Lipinski definition) is 15. The second-order valence-corrected chi connectivity index (χ2v) is 11.0. The third-order valence-corrected chi connectivity index (χ3v) is 8.12. The van der Waals surface area contributed by atoms with Crippen LogP contribution in [0.25, 0.3) is 0 Å². The summed E-state index contributed by atoms with van der Waals surface area (Å²) in [4.78, 5) is 13.1. The molecule has 3 heterocycles. The Kier molecular flexibility index (Phi) is 10.0. The number of ketones is 1. The molecule has 3 aliphatic heterocycles. The van der Waals surface area contributed by atoms with E-state index in [1.54, 1.807) is 18.2 Å². The van der Waals surface area contributed by atoms with Crippen molar-refractivity contribution < 1.29 is 73.3 Å². The van der Waals surface area contributed by atoms with Crippen molar-refractivity contribution >= 4 is 5.78 Å². The van der Waals surface area contributed by atoms with Gasteiger partial charge in [-0.05, 0) is 19.1 Å². The number of hydrogen-bond donors (Lipinski definition) is 6. The Morgan fingerprint density at radius 2 is 1.42 bits per heavy atom. The molecule has 3 aliphatic rings. The molecule has 2 fully saturated rings. The average molecular weight is 639 g/mol. The van der Waals surface area contributed by atoms with Gasteiger partial charge in [-0.1, -0.05) is 0 Å². The third kappa shape index (κ3) is 6.54. The maximum Gasteiger partial charge on any atom is 0.229 e. The number of aliphatic hydroxyl groups is 6. The number of Topliss-reactive ketones (excluding diaryl/α,β-unsaturated/α-hetero) is 1. The van der Waals surface area contributed by atoms with Crippen molar-refractivity contribution in [2.45, 2.75) is 80.9 Å². The molecule has 45 heavy (non-hydrogen) atoms. The lowest BCUT2D eigenvalue weighted by molar-refractivity contribution is -0.318. The van der Waals surface area contributed by atoms with Crippen LogP contribution in [0, 0.1) is 0 Å². The molecular weight excluding hydrogens is 600 g/mol. The van der Waals surface area contributed by atoms with E-state index in [-0.39, 0.29) is 18.0 Å². The molecule has 248 valence electrons. The predicted octanol–water partition coefficient (Wildman–Crippen LogP) is -0.551. The molecule has 0 amide bonds. The zero-order valence-electron chi connectivity index (χ0n) is 25.0. The number of carbonyl (C=O) groups is 1. The minimum Gasteiger partial charge on any atom is -0.496 e. The highest BCUT2D eigenvalue weighted by Gasteiger charge is 2.47. The summed E-state index contributed by atoms with van der Waals surface area (Å²) < 4.78 is 44.8. The second-order valence-electron chi connectivity index (χ2n) is 11.0. The first-order chi connectivity index (χ1) is 21.5. The summed E-state index contributed by atoms with van der Waals surface area (Å²) in [6, 6.07) is 7.85. The van der Waals surface area contributed by atoms with Crippen molar-refractivity contribution in [2.24, 2.45) is 0 Å². The second kappa shape index (κ2) is 13.6. The molecule has 0 spiro atoms. The molecule has 15 nitrogen and oxygen atoms in total. The van der Waals surface area contributed by atoms with Crippen LogP contribution >= 0.6 is 0 Å². The smallest absolute Gasteiger partial charge is 0.229 e. The van der Waals surface area contributed by atoms with Crippen LogP contribution in [-0.4, -0.2) is 126 Å². The number of aliphatic hydroxyl groups excluding tert-OH is 6. The SMILES string of the molecule is COc1cc(OC)c2c(c1)OC(c1ccc(OC3OC(COC4OC(C)C(O)C(O)C4O)C(O)C(O)C3O)cc1OC)CC2=O. The highest BCUT2D eigenvalue weighted by molar-refractivity contribution is 6.03. The van der Waals surface area contributed by atoms with Crippen LogP contribution < -0.4 is 23.7 Å². The summed E-state index contributed by atoms with van der Waals surface area (Å²) in [5.74, 6) is 1.33. The molecule has 0 aromatic heterocycles. The van der Waals surface area contributed by atoms with Crippen LogP contribution in [0.5, 0.6) is 28.7 Å². The Labute approximate surface area is 258 Å². The maximum atomic E-state index is 13.1. The molecule has 2 aromatic rings. The zero-order valence-corrected chi connectivity index (χ0v) is 25.0. The first-order valence-corrected chi connectivity index (χ1v) is 14.3. The zero-order chi connectivity index (χ0) is 32.6. The largest absolute Gasteiger partial charge is 0.496 e. The van der Waals surface area contributed by atoms with Crippen molar-refractivity contribution in [2.75, 3.05) is 27.9 Å². The summed E-state index contributed by atoms with van der Waals surface area (Å²) in [6.07, 6.45) is -15.1. The Bertz CT molecular complexity index is 1350. The van der Waals surface area contributed by atoms with Gasteiger partial charge in [0.1, 0.15) is 83.1 Å². The first kappa shape index (κ1) is 33.1. The van der Waals surface area contributed by atoms with Gasteiger partial charge < -0.3 is 68.5 Å². The van der Waals surface area contributed by atoms with Crippen LogP contribution in [0.4, 0.5) is 0 Å². The fourth-order valence-electron chi connectivity index (χ4n) is 5.51. The van der Waals surface area contributed by atoms with Crippen LogP contribution in [0.2, 0.25) is 0 Å². The molecule has 5 rings (SSSR count). The lowest BCUT2D eigenvalue weighted by Gasteiger charge is -2.42. The minimum absolute atomic E-state index is 0.00334. The van der Waals surface area contributed by atoms with Crippen LogP contribution in [0.3, 0.4) is 0 Å². The van der Waals surface area contributed by atoms with E-state index in [9.17, 15) is 35.4 Å². The third-order valence-electron chi connectivity index (χ3n) is 8.12. The molecule has 11 unspecified atom stereocenters. The topological polar surface area (TPSA) is 212 Å². The Hall–Kier alpha value is -3.25. The van der Waals surface area contributed by atoms with Crippen LogP contribution in [0.15, 0.2) is 30.3 Å². The number of methoxy groups -OCH3 is 3. The molecule has 0 bridgehead atoms. The molecule has 6 N–H and O–H groups in total. The van der Waals surface area contributed by atoms with Crippen molar-refractivity contribution in [3.8, 4) is 28.7 Å². The Balaban J connectivity index is 1.29. The lowest BCUT2D eigenvalue weighted by Crippen LogP contribution is -2.61. The summed E-state index contributed by atoms with van der Waals surface area (Å²) in [5.41, 5.74) is 0.842. The van der Waals surface area contributed by atoms with Gasteiger partial charge in [-0.3, -0.25) is 4.79 Å². The van der Waals surface area contributed by atoms with Gasteiger partial charge in [0, 0.05) is 23.8 Å². The number of benzene rings is 2. The predicted molar refractivity (Wildman–Crippen MR) is 150 cm³/mol. The molecular formula is C30H38O15. The summed E-state index contributed by atoms with van der Waals surface area (Å²) in [6.45, 7) is 1.05. The molecule has 0 saturated carbocycles. The molecule has 0 aliphatic carbocycles. The van der Waals surface area contributed by atoms with Gasteiger partial charge in [0.2, 0.25) is 6.29 Å². The van der Waals surface area contributed by atoms with Gasteiger partial charge >= 0.3 is 0 Å². The molecule has 11 atom stereocenters. The Morgan fingerprint density at radius 1 is 0.756 bits per heavy atom. The van der Waals surface area contributed by atoms with E-state index < -0.39 is 74.1 Å². The number of rotatable bonds is 9. The van der Waals surface area contributed by atoms with Gasteiger partial charge in [-0.15, -0.1) is 0 Å². The van der Waals surface area contributed by atoms with E-state index >= 15 is 0 Å². The van der Waals surface area contributed by atoms with Crippen molar-refractivity contribution in [1.29, 1.82) is 0 Å². The fraction of sp³-hybridized carbons (Fsp3) is 0.567. The van der Waals surface area contributed by atoms with Crippen molar-refractivity contribution in [3.63, 3.8) is 0 Å². The molecule has 2 saturated heterocycles. The lowest BCUT2D eigenvalue weighted by atomic mass is 9.94. The van der Waals surface area contributed by atoms with Crippen molar-refractivity contribution in [1.82, 2.24) is 0 Å². The van der Waals surface area contributed by atoms with Crippen LogP contribution in [-0.2, 0) is 14.2 Å². The number of ether oxygens (including phenoxy) is 8. The van der Waals surface area contributed by atoms with Gasteiger partial charge in [-0.2, -0.15) is 0 Å². The Morgan fingerprint density at radius 3 is 2.11 bits per heavy atom. The van der Waals surface area contributed by atoms with Gasteiger partial charge in [0.15, 0.2) is 12.1 Å². The summed E-state index contributed by atoms with van der Waals surface area (Å²) >= 11 is 0. The van der Waals surface area contributed by atoms with E-state index in [0.29, 0.717) is 34.1 Å². The monoisotopic (exact) mass is 638 g/mol. The molecule has 2 aromatic carbocycles. The van der Waals surface area contributed by atoms with Crippen molar-refractivity contribution in [3.05, 3.63) is 41.5 Å². The molecule has 15 heteroatoms. The highest BCUT2D eigenvalue weighted by atomic mass is 16.7. The fourth-order valence-corrected chi connectivity index (χ4v) is 5.51. The van der Waals surface area contributed by atoms with Gasteiger partial charge in [-0.25, -0.2) is 0 Å². The van der Waals surface area contributed by atoms with Gasteiger partial charge in [0.05, 0.1) is 40.5 Å². The van der Waals surface area contributed by atoms with E-state index in [4.69, 9.17) is 37.9 Å². The van der Waals surface area contributed by atoms with E-state index in [2.05, 4.69) is 0 Å². The summed E-state index contributed by atoms with van der Waals surface area (Å²) in [5, 5.41) is 61.7. The minimum atomic E-state index is -1.70. The number of carbonyl (C=O) groups excluding carboxylic acids is 1. The van der Waals surface area contributed by atoms with Gasteiger partial charge in [0.25, 0.3) is 0 Å². The maximum absolute atomic E-state index is 13.1.